The van der Waals surface area contributed by atoms with Gasteiger partial charge in [-0.05, 0) is 64.2 Å². The number of esters is 1. The second kappa shape index (κ2) is 44.5. The average molecular weight is 837 g/mol. The highest BCUT2D eigenvalue weighted by Crippen LogP contribution is 2.43. The zero-order valence-corrected chi connectivity index (χ0v) is 37.6. The smallest absolute Gasteiger partial charge is 0.457 e. The monoisotopic (exact) mass is 837 g/mol. The van der Waals surface area contributed by atoms with Crippen molar-refractivity contribution in [2.24, 2.45) is 0 Å². The van der Waals surface area contributed by atoms with Crippen molar-refractivity contribution in [1.29, 1.82) is 0 Å². The molecule has 9 nitrogen and oxygen atoms in total. The Morgan fingerprint density at radius 3 is 1.48 bits per heavy atom. The van der Waals surface area contributed by atoms with Crippen LogP contribution in [-0.4, -0.2) is 66.3 Å². The van der Waals surface area contributed by atoms with Crippen molar-refractivity contribution in [2.75, 3.05) is 33.0 Å². The van der Waals surface area contributed by atoms with Gasteiger partial charge in [-0.25, -0.2) is 4.57 Å². The minimum atomic E-state index is -4.53. The fourth-order valence-electron chi connectivity index (χ4n) is 5.95. The van der Waals surface area contributed by atoms with Gasteiger partial charge in [0.2, 0.25) is 0 Å². The van der Waals surface area contributed by atoms with Gasteiger partial charge in [-0.15, -0.1) is 0 Å². The molecule has 3 atom stereocenters. The van der Waals surface area contributed by atoms with Gasteiger partial charge >= 0.3 is 13.8 Å². The first-order chi connectivity index (χ1) is 28.3. The highest BCUT2D eigenvalue weighted by molar-refractivity contribution is 7.47. The zero-order chi connectivity index (χ0) is 42.5. The van der Waals surface area contributed by atoms with E-state index >= 15 is 0 Å². The number of rotatable bonds is 43. The molecular weight excluding hydrogens is 751 g/mol. The number of hydrogen-bond donors (Lipinski definition) is 3. The van der Waals surface area contributed by atoms with E-state index in [0.717, 1.165) is 83.5 Å². The first-order valence-electron chi connectivity index (χ1n) is 22.9. The third kappa shape index (κ3) is 43.5. The van der Waals surface area contributed by atoms with Crippen LogP contribution in [0.1, 0.15) is 181 Å². The number of phosphoric ester groups is 1. The SMILES string of the molecule is CC/C=C\C/C=C\C/C=C\C/C=C\C/C=C\C/C=C\CCCCCCC(=O)OC(COCCCCCCCCCCCCCCCC)COP(=O)(O)OCC(O)CO. The standard InChI is InChI=1S/C48H85O9P/c1-3-5-7-9-11-13-15-17-19-20-21-22-23-24-25-26-27-28-30-32-34-36-38-40-48(51)57-47(45-56-58(52,53)55-43-46(50)42-49)44-54-41-39-37-35-33-31-29-18-16-14-12-10-8-6-4-2/h5,7,11,13,17,19,21-22,24-25,27-28,46-47,49-50H,3-4,6,8-10,12,14-16,18,20,23,26,29-45H2,1-2H3,(H,52,53)/b7-5-,13-11-,19-17-,22-21-,25-24-,28-27-. The fraction of sp³-hybridized carbons (Fsp3) is 0.729. The Bertz CT molecular complexity index is 1130. The van der Waals surface area contributed by atoms with Gasteiger partial charge in [0.05, 0.1) is 26.4 Å². The van der Waals surface area contributed by atoms with E-state index in [2.05, 4.69) is 86.8 Å². The van der Waals surface area contributed by atoms with Gasteiger partial charge in [0, 0.05) is 13.0 Å². The summed E-state index contributed by atoms with van der Waals surface area (Å²) in [5.74, 6) is -0.407. The Morgan fingerprint density at radius 1 is 0.552 bits per heavy atom. The summed E-state index contributed by atoms with van der Waals surface area (Å²) < 4.78 is 33.4. The Kier molecular flexibility index (Phi) is 42.8. The number of phosphoric acid groups is 1. The maximum absolute atomic E-state index is 12.6. The molecule has 0 aliphatic carbocycles. The van der Waals surface area contributed by atoms with Gasteiger partial charge in [0.1, 0.15) is 12.2 Å². The predicted octanol–water partition coefficient (Wildman–Crippen LogP) is 12.9. The lowest BCUT2D eigenvalue weighted by atomic mass is 10.0. The molecule has 0 fully saturated rings. The number of allylic oxidation sites excluding steroid dienone is 12. The summed E-state index contributed by atoms with van der Waals surface area (Å²) in [4.78, 5) is 22.6. The van der Waals surface area contributed by atoms with Crippen LogP contribution >= 0.6 is 7.82 Å². The molecule has 0 spiro atoms. The molecule has 10 heteroatoms. The maximum Gasteiger partial charge on any atom is 0.472 e. The molecule has 0 heterocycles. The molecular formula is C48H85O9P. The summed E-state index contributed by atoms with van der Waals surface area (Å²) in [6.45, 7) is 3.37. The van der Waals surface area contributed by atoms with Crippen molar-refractivity contribution in [3.05, 3.63) is 72.9 Å². The lowest BCUT2D eigenvalue weighted by Crippen LogP contribution is -2.29. The van der Waals surface area contributed by atoms with E-state index < -0.39 is 39.2 Å². The molecule has 0 aromatic rings. The molecule has 3 N–H and O–H groups in total. The highest BCUT2D eigenvalue weighted by Gasteiger charge is 2.26. The number of aliphatic hydroxyl groups excluding tert-OH is 2. The average Bonchev–Trinajstić information content (AvgIpc) is 3.21. The molecule has 0 saturated heterocycles. The van der Waals surface area contributed by atoms with Crippen LogP contribution in [0.5, 0.6) is 0 Å². The van der Waals surface area contributed by atoms with E-state index in [1.54, 1.807) is 0 Å². The molecule has 0 bridgehead atoms. The maximum atomic E-state index is 12.6. The number of hydrogen-bond acceptors (Lipinski definition) is 8. The van der Waals surface area contributed by atoms with Crippen molar-refractivity contribution >= 4 is 13.8 Å². The second-order valence-electron chi connectivity index (χ2n) is 15.0. The van der Waals surface area contributed by atoms with E-state index in [1.807, 2.05) is 0 Å². The van der Waals surface area contributed by atoms with Crippen LogP contribution in [0.25, 0.3) is 0 Å². The van der Waals surface area contributed by atoms with E-state index in [9.17, 15) is 19.4 Å². The van der Waals surface area contributed by atoms with Gasteiger partial charge in [-0.3, -0.25) is 13.8 Å². The summed E-state index contributed by atoms with van der Waals surface area (Å²) in [6.07, 6.45) is 52.8. The third-order valence-electron chi connectivity index (χ3n) is 9.41. The second-order valence-corrected chi connectivity index (χ2v) is 16.5. The van der Waals surface area contributed by atoms with Crippen LogP contribution in [-0.2, 0) is 27.9 Å². The van der Waals surface area contributed by atoms with Crippen LogP contribution in [0.2, 0.25) is 0 Å². The quantitative estimate of drug-likeness (QED) is 0.0238. The lowest BCUT2D eigenvalue weighted by molar-refractivity contribution is -0.154. The highest BCUT2D eigenvalue weighted by atomic mass is 31.2. The summed E-state index contributed by atoms with van der Waals surface area (Å²) in [6, 6.07) is 0. The minimum absolute atomic E-state index is 0.0371. The van der Waals surface area contributed by atoms with Gasteiger partial charge in [-0.2, -0.15) is 0 Å². The molecule has 0 radical (unpaired) electrons. The summed E-state index contributed by atoms with van der Waals surface area (Å²) in [5, 5.41) is 18.4. The molecule has 3 unspecified atom stereocenters. The number of ether oxygens (including phenoxy) is 2. The van der Waals surface area contributed by atoms with Crippen LogP contribution in [0.4, 0.5) is 0 Å². The van der Waals surface area contributed by atoms with Crippen molar-refractivity contribution < 1.29 is 43.0 Å². The van der Waals surface area contributed by atoms with E-state index in [1.165, 1.54) is 70.6 Å². The van der Waals surface area contributed by atoms with Crippen LogP contribution in [0.3, 0.4) is 0 Å². The molecule has 0 aliphatic heterocycles. The van der Waals surface area contributed by atoms with Gasteiger partial charge in [0.15, 0.2) is 0 Å². The van der Waals surface area contributed by atoms with E-state index in [4.69, 9.17) is 23.6 Å². The van der Waals surface area contributed by atoms with Crippen molar-refractivity contribution in [2.45, 2.75) is 193 Å². The Morgan fingerprint density at radius 2 is 0.983 bits per heavy atom. The Hall–Kier alpha value is -2.10. The Labute approximate surface area is 354 Å². The number of aliphatic hydroxyl groups is 2. The summed E-state index contributed by atoms with van der Waals surface area (Å²) in [7, 11) is -4.53. The van der Waals surface area contributed by atoms with Crippen LogP contribution < -0.4 is 0 Å². The van der Waals surface area contributed by atoms with Crippen LogP contribution in [0, 0.1) is 0 Å². The Balaban J connectivity index is 4.21. The van der Waals surface area contributed by atoms with Gasteiger partial charge in [-0.1, -0.05) is 183 Å². The van der Waals surface area contributed by atoms with Gasteiger partial charge in [0.25, 0.3) is 0 Å². The van der Waals surface area contributed by atoms with E-state index in [0.29, 0.717) is 13.0 Å². The summed E-state index contributed by atoms with van der Waals surface area (Å²) in [5.41, 5.74) is 0. The van der Waals surface area contributed by atoms with Crippen molar-refractivity contribution in [3.8, 4) is 0 Å². The first-order valence-corrected chi connectivity index (χ1v) is 24.4. The minimum Gasteiger partial charge on any atom is -0.457 e. The normalized spacial score (nSPS) is 14.6. The van der Waals surface area contributed by atoms with Gasteiger partial charge < -0.3 is 24.6 Å². The number of carbonyl (C=O) groups is 1. The summed E-state index contributed by atoms with van der Waals surface area (Å²) >= 11 is 0. The molecule has 58 heavy (non-hydrogen) atoms. The number of carbonyl (C=O) groups excluding carboxylic acids is 1. The predicted molar refractivity (Wildman–Crippen MR) is 242 cm³/mol. The first kappa shape index (κ1) is 55.9. The molecule has 0 rings (SSSR count). The topological polar surface area (TPSA) is 132 Å². The molecule has 0 aromatic heterocycles. The van der Waals surface area contributed by atoms with Crippen molar-refractivity contribution in [1.82, 2.24) is 0 Å². The molecule has 0 saturated carbocycles. The fourth-order valence-corrected chi connectivity index (χ4v) is 6.74. The molecule has 0 aliphatic rings. The number of unbranched alkanes of at least 4 members (excludes halogenated alkanes) is 17. The van der Waals surface area contributed by atoms with Crippen LogP contribution in [0.15, 0.2) is 72.9 Å². The largest absolute Gasteiger partial charge is 0.472 e. The third-order valence-corrected chi connectivity index (χ3v) is 10.4. The molecule has 336 valence electrons. The van der Waals surface area contributed by atoms with E-state index in [-0.39, 0.29) is 19.6 Å². The molecule has 0 amide bonds. The van der Waals surface area contributed by atoms with Crippen molar-refractivity contribution in [3.63, 3.8) is 0 Å². The molecule has 0 aromatic carbocycles. The zero-order valence-electron chi connectivity index (χ0n) is 36.7. The lowest BCUT2D eigenvalue weighted by Gasteiger charge is -2.20.